The lowest BCUT2D eigenvalue weighted by atomic mass is 9.92. The molecule has 0 saturated heterocycles. The second kappa shape index (κ2) is 6.97. The summed E-state index contributed by atoms with van der Waals surface area (Å²) < 4.78 is 0. The van der Waals surface area contributed by atoms with Gasteiger partial charge < -0.3 is 14.8 Å². The maximum atomic E-state index is 12.0. The van der Waals surface area contributed by atoms with Crippen molar-refractivity contribution in [3.63, 3.8) is 0 Å². The Morgan fingerprint density at radius 3 is 2.70 bits per heavy atom. The molecule has 0 bridgehead atoms. The number of quaternary nitrogens is 1. The van der Waals surface area contributed by atoms with Gasteiger partial charge in [0.25, 0.3) is 0 Å². The van der Waals surface area contributed by atoms with Crippen LogP contribution in [0.4, 0.5) is 0 Å². The van der Waals surface area contributed by atoms with Crippen molar-refractivity contribution in [1.82, 2.24) is 4.98 Å². The Kier molecular flexibility index (Phi) is 4.64. The summed E-state index contributed by atoms with van der Waals surface area (Å²) >= 11 is 12.5. The number of pyridine rings is 1. The molecule has 1 unspecified atom stereocenters. The topological polar surface area (TPSA) is 57.5 Å². The van der Waals surface area contributed by atoms with Gasteiger partial charge >= 0.3 is 0 Å². The van der Waals surface area contributed by atoms with Crippen LogP contribution in [0.2, 0.25) is 10.0 Å². The van der Waals surface area contributed by atoms with Crippen molar-refractivity contribution in [3.05, 3.63) is 74.9 Å². The van der Waals surface area contributed by atoms with Crippen LogP contribution in [0.5, 0.6) is 0 Å². The predicted octanol–water partition coefficient (Wildman–Crippen LogP) is 2.47. The summed E-state index contributed by atoms with van der Waals surface area (Å²) in [6, 6.07) is 12.7. The minimum Gasteiger partial charge on any atom is -0.545 e. The molecule has 1 N–H and O–H groups in total. The van der Waals surface area contributed by atoms with Gasteiger partial charge in [0.2, 0.25) is 0 Å². The quantitative estimate of drug-likeness (QED) is 0.721. The summed E-state index contributed by atoms with van der Waals surface area (Å²) in [6.45, 7) is 1.27. The minimum absolute atomic E-state index is 0.220. The standard InChI is InChI=1S/C21H16Cl2N2O2/c1-25-10-13(9-12-5-4-7-16(22)19(12)23)20-15(11-25)18(21(26)27)14-6-2-3-8-17(14)24-20/h2-9H,10-11H2,1H3,(H,26,27)/b13-9+. The van der Waals surface area contributed by atoms with Gasteiger partial charge in [0.1, 0.15) is 13.1 Å². The zero-order valence-corrected chi connectivity index (χ0v) is 16.1. The maximum absolute atomic E-state index is 12.0. The smallest absolute Gasteiger partial charge is 0.106 e. The van der Waals surface area contributed by atoms with Crippen molar-refractivity contribution in [2.45, 2.75) is 6.54 Å². The molecular formula is C21H16Cl2N2O2. The second-order valence-corrected chi connectivity index (χ2v) is 7.53. The predicted molar refractivity (Wildman–Crippen MR) is 106 cm³/mol. The first-order valence-electron chi connectivity index (χ1n) is 8.55. The molecule has 4 rings (SSSR count). The van der Waals surface area contributed by atoms with Gasteiger partial charge in [0, 0.05) is 22.1 Å². The summed E-state index contributed by atoms with van der Waals surface area (Å²) in [6.07, 6.45) is 1.94. The molecule has 1 aliphatic heterocycles. The van der Waals surface area contributed by atoms with Crippen LogP contribution in [0, 0.1) is 0 Å². The van der Waals surface area contributed by atoms with Gasteiger partial charge in [-0.25, -0.2) is 4.98 Å². The van der Waals surface area contributed by atoms with E-state index in [9.17, 15) is 9.90 Å². The maximum Gasteiger partial charge on any atom is 0.106 e. The lowest BCUT2D eigenvalue weighted by Gasteiger charge is -2.27. The number of carbonyl (C=O) groups excluding carboxylic acids is 1. The van der Waals surface area contributed by atoms with Gasteiger partial charge in [0.05, 0.1) is 34.3 Å². The highest BCUT2D eigenvalue weighted by Crippen LogP contribution is 2.32. The molecule has 4 nitrogen and oxygen atoms in total. The molecule has 3 aromatic rings. The number of rotatable bonds is 2. The van der Waals surface area contributed by atoms with E-state index in [1.807, 2.05) is 43.5 Å². The van der Waals surface area contributed by atoms with E-state index in [0.29, 0.717) is 45.3 Å². The van der Waals surface area contributed by atoms with Crippen LogP contribution in [0.1, 0.15) is 27.2 Å². The lowest BCUT2D eigenvalue weighted by molar-refractivity contribution is -0.887. The van der Waals surface area contributed by atoms with Crippen molar-refractivity contribution in [3.8, 4) is 0 Å². The van der Waals surface area contributed by atoms with Crippen molar-refractivity contribution in [2.75, 3.05) is 13.6 Å². The molecule has 1 atom stereocenters. The van der Waals surface area contributed by atoms with Crippen molar-refractivity contribution < 1.29 is 14.8 Å². The molecule has 6 heteroatoms. The van der Waals surface area contributed by atoms with E-state index in [1.54, 1.807) is 12.1 Å². The molecule has 0 fully saturated rings. The first kappa shape index (κ1) is 18.0. The molecule has 1 aliphatic rings. The third kappa shape index (κ3) is 3.21. The van der Waals surface area contributed by atoms with Crippen molar-refractivity contribution >= 4 is 51.7 Å². The van der Waals surface area contributed by atoms with E-state index < -0.39 is 5.97 Å². The third-order valence-corrected chi connectivity index (χ3v) is 5.62. The lowest BCUT2D eigenvalue weighted by Crippen LogP contribution is -3.08. The SMILES string of the molecule is C[NH+]1C/C(=C\c2cccc(Cl)c2Cl)c2nc3ccccc3c(C(=O)[O-])c2C1. The van der Waals surface area contributed by atoms with E-state index in [-0.39, 0.29) is 5.56 Å². The molecule has 2 aromatic carbocycles. The van der Waals surface area contributed by atoms with E-state index in [4.69, 9.17) is 28.2 Å². The molecule has 0 amide bonds. The number of para-hydroxylation sites is 1. The van der Waals surface area contributed by atoms with Crippen LogP contribution in [0.25, 0.3) is 22.6 Å². The Bertz CT molecular complexity index is 1110. The minimum atomic E-state index is -1.18. The van der Waals surface area contributed by atoms with Gasteiger partial charge in [-0.05, 0) is 23.8 Å². The molecule has 0 spiro atoms. The number of fused-ring (bicyclic) bond motifs is 2. The van der Waals surface area contributed by atoms with Crippen molar-refractivity contribution in [1.29, 1.82) is 0 Å². The largest absolute Gasteiger partial charge is 0.545 e. The van der Waals surface area contributed by atoms with E-state index in [1.165, 1.54) is 0 Å². The highest BCUT2D eigenvalue weighted by molar-refractivity contribution is 6.43. The highest BCUT2D eigenvalue weighted by Gasteiger charge is 2.27. The van der Waals surface area contributed by atoms with Crippen LogP contribution in [0.3, 0.4) is 0 Å². The Hall–Kier alpha value is -2.40. The number of aromatic nitrogens is 1. The molecule has 2 heterocycles. The average Bonchev–Trinajstić information content (AvgIpc) is 2.63. The summed E-state index contributed by atoms with van der Waals surface area (Å²) in [4.78, 5) is 17.9. The number of nitrogens with zero attached hydrogens (tertiary/aromatic N) is 1. The Morgan fingerprint density at radius 2 is 1.93 bits per heavy atom. The van der Waals surface area contributed by atoms with Gasteiger partial charge in [-0.1, -0.05) is 53.5 Å². The summed E-state index contributed by atoms with van der Waals surface area (Å²) in [5.41, 5.74) is 3.95. The zero-order valence-electron chi connectivity index (χ0n) is 14.6. The van der Waals surface area contributed by atoms with E-state index in [0.717, 1.165) is 16.0 Å². The first-order valence-corrected chi connectivity index (χ1v) is 9.30. The fraction of sp³-hybridized carbons (Fsp3) is 0.143. The van der Waals surface area contributed by atoms with E-state index in [2.05, 4.69) is 0 Å². The van der Waals surface area contributed by atoms with Crippen molar-refractivity contribution in [2.24, 2.45) is 0 Å². The van der Waals surface area contributed by atoms with Gasteiger partial charge in [-0.15, -0.1) is 0 Å². The van der Waals surface area contributed by atoms with Crippen LogP contribution < -0.4 is 10.0 Å². The Morgan fingerprint density at radius 1 is 1.15 bits per heavy atom. The second-order valence-electron chi connectivity index (χ2n) is 6.74. The monoisotopic (exact) mass is 398 g/mol. The highest BCUT2D eigenvalue weighted by atomic mass is 35.5. The zero-order chi connectivity index (χ0) is 19.1. The average molecular weight is 399 g/mol. The van der Waals surface area contributed by atoms with Gasteiger partial charge in [-0.3, -0.25) is 0 Å². The number of likely N-dealkylation sites (N-methyl/N-ethyl adjacent to an activating group) is 1. The van der Waals surface area contributed by atoms with Crippen LogP contribution >= 0.6 is 23.2 Å². The van der Waals surface area contributed by atoms with Gasteiger partial charge in [-0.2, -0.15) is 0 Å². The Balaban J connectivity index is 2.01. The molecule has 1 aromatic heterocycles. The van der Waals surface area contributed by atoms with Crippen LogP contribution in [0.15, 0.2) is 42.5 Å². The first-order chi connectivity index (χ1) is 13.0. The molecule has 0 radical (unpaired) electrons. The number of carbonyl (C=O) groups is 1. The summed E-state index contributed by atoms with van der Waals surface area (Å²) in [5.74, 6) is -1.18. The number of hydrogen-bond donors (Lipinski definition) is 1. The molecule has 136 valence electrons. The molecular weight excluding hydrogens is 383 g/mol. The third-order valence-electron chi connectivity index (χ3n) is 4.78. The van der Waals surface area contributed by atoms with Crippen LogP contribution in [-0.4, -0.2) is 24.5 Å². The normalized spacial score (nSPS) is 17.9. The number of benzene rings is 2. The number of hydrogen-bond acceptors (Lipinski definition) is 3. The number of carboxylic acids is 1. The number of halogens is 2. The molecule has 0 aliphatic carbocycles. The summed E-state index contributed by atoms with van der Waals surface area (Å²) in [5, 5.41) is 13.5. The molecule has 0 saturated carbocycles. The number of aromatic carboxylic acids is 1. The molecule has 27 heavy (non-hydrogen) atoms. The van der Waals surface area contributed by atoms with Gasteiger partial charge in [0.15, 0.2) is 0 Å². The Labute approximate surface area is 166 Å². The fourth-order valence-corrected chi connectivity index (χ4v) is 4.00. The summed E-state index contributed by atoms with van der Waals surface area (Å²) in [7, 11) is 2.02. The van der Waals surface area contributed by atoms with E-state index >= 15 is 0 Å². The number of nitrogens with one attached hydrogen (secondary N) is 1. The fourth-order valence-electron chi connectivity index (χ4n) is 3.63. The van der Waals surface area contributed by atoms with Crippen LogP contribution in [-0.2, 0) is 6.54 Å². The number of carboxylic acid groups (broad SMARTS) is 1.